The fourth-order valence-electron chi connectivity index (χ4n) is 1.73. The van der Waals surface area contributed by atoms with Crippen molar-refractivity contribution in [2.45, 2.75) is 20.4 Å². The molecular weight excluding hydrogens is 242 g/mol. The molecule has 1 aromatic carbocycles. The Kier molecular flexibility index (Phi) is 4.23. The van der Waals surface area contributed by atoms with Crippen LogP contribution in [0.3, 0.4) is 0 Å². The summed E-state index contributed by atoms with van der Waals surface area (Å²) in [7, 11) is 0. The maximum Gasteiger partial charge on any atom is 0.374 e. The van der Waals surface area contributed by atoms with E-state index in [-0.39, 0.29) is 5.76 Å². The monoisotopic (exact) mass is 259 g/mol. The number of carbonyl (C=O) groups is 1. The molecule has 0 spiro atoms. The molecule has 0 aliphatic carbocycles. The molecule has 100 valence electrons. The molecule has 19 heavy (non-hydrogen) atoms. The second-order valence-electron chi connectivity index (χ2n) is 4.21. The van der Waals surface area contributed by atoms with Crippen LogP contribution >= 0.6 is 0 Å². The number of ether oxygens (including phenoxy) is 1. The van der Waals surface area contributed by atoms with E-state index in [0.717, 1.165) is 5.69 Å². The van der Waals surface area contributed by atoms with Crippen molar-refractivity contribution in [3.05, 3.63) is 53.5 Å². The predicted molar refractivity (Wildman–Crippen MR) is 73.2 cm³/mol. The van der Waals surface area contributed by atoms with Crippen molar-refractivity contribution in [2.75, 3.05) is 11.9 Å². The van der Waals surface area contributed by atoms with Gasteiger partial charge in [-0.2, -0.15) is 0 Å². The van der Waals surface area contributed by atoms with Gasteiger partial charge in [-0.1, -0.05) is 12.1 Å². The smallest absolute Gasteiger partial charge is 0.374 e. The quantitative estimate of drug-likeness (QED) is 0.836. The van der Waals surface area contributed by atoms with Crippen LogP contribution in [0.1, 0.15) is 28.8 Å². The van der Waals surface area contributed by atoms with E-state index in [4.69, 9.17) is 9.15 Å². The molecule has 4 heteroatoms. The number of carbonyl (C=O) groups excluding carboxylic acids is 1. The van der Waals surface area contributed by atoms with Crippen LogP contribution in [-0.4, -0.2) is 12.6 Å². The van der Waals surface area contributed by atoms with Crippen molar-refractivity contribution in [3.8, 4) is 0 Å². The van der Waals surface area contributed by atoms with E-state index in [0.29, 0.717) is 18.9 Å². The van der Waals surface area contributed by atoms with Gasteiger partial charge in [0.2, 0.25) is 5.76 Å². The second-order valence-corrected chi connectivity index (χ2v) is 4.21. The van der Waals surface area contributed by atoms with Crippen LogP contribution in [0, 0.1) is 6.92 Å². The lowest BCUT2D eigenvalue weighted by molar-refractivity contribution is 0.0488. The van der Waals surface area contributed by atoms with E-state index >= 15 is 0 Å². The summed E-state index contributed by atoms with van der Waals surface area (Å²) < 4.78 is 10.3. The summed E-state index contributed by atoms with van der Waals surface area (Å²) in [5, 5.41) is 3.24. The Hall–Kier alpha value is -2.23. The molecule has 0 radical (unpaired) electrons. The number of furan rings is 1. The number of aryl methyl sites for hydroxylation is 1. The number of anilines is 1. The lowest BCUT2D eigenvalue weighted by atomic mass is 10.2. The van der Waals surface area contributed by atoms with Crippen LogP contribution in [0.4, 0.5) is 5.69 Å². The van der Waals surface area contributed by atoms with Crippen LogP contribution in [-0.2, 0) is 11.3 Å². The molecule has 4 nitrogen and oxygen atoms in total. The molecule has 0 fully saturated rings. The largest absolute Gasteiger partial charge is 0.460 e. The number of hydrogen-bond acceptors (Lipinski definition) is 4. The maximum atomic E-state index is 11.4. The Morgan fingerprint density at radius 1 is 1.32 bits per heavy atom. The number of benzene rings is 1. The third-order valence-corrected chi connectivity index (χ3v) is 2.62. The number of rotatable bonds is 5. The summed E-state index contributed by atoms with van der Waals surface area (Å²) in [5.41, 5.74) is 2.21. The molecule has 0 saturated heterocycles. The first-order valence-corrected chi connectivity index (χ1v) is 6.25. The molecule has 0 aliphatic heterocycles. The molecule has 0 atom stereocenters. The van der Waals surface area contributed by atoms with Crippen molar-refractivity contribution >= 4 is 11.7 Å². The Morgan fingerprint density at radius 3 is 2.89 bits per heavy atom. The van der Waals surface area contributed by atoms with Gasteiger partial charge in [-0.25, -0.2) is 4.79 Å². The molecule has 1 heterocycles. The molecule has 1 N–H and O–H groups in total. The van der Waals surface area contributed by atoms with E-state index in [1.807, 2.05) is 25.1 Å². The molecule has 0 bridgehead atoms. The minimum Gasteiger partial charge on any atom is -0.460 e. The zero-order valence-electron chi connectivity index (χ0n) is 11.1. The Morgan fingerprint density at radius 2 is 2.16 bits per heavy atom. The highest BCUT2D eigenvalue weighted by molar-refractivity contribution is 5.86. The lowest BCUT2D eigenvalue weighted by Crippen LogP contribution is -2.03. The molecular formula is C15H17NO3. The second kappa shape index (κ2) is 6.09. The highest BCUT2D eigenvalue weighted by Gasteiger charge is 2.11. The first-order chi connectivity index (χ1) is 9.19. The van der Waals surface area contributed by atoms with Gasteiger partial charge in [0.25, 0.3) is 0 Å². The van der Waals surface area contributed by atoms with Crippen LogP contribution in [0.2, 0.25) is 0 Å². The maximum absolute atomic E-state index is 11.4. The molecule has 0 saturated carbocycles. The summed E-state index contributed by atoms with van der Waals surface area (Å²) in [5.74, 6) is 0.511. The zero-order chi connectivity index (χ0) is 13.7. The van der Waals surface area contributed by atoms with Crippen LogP contribution < -0.4 is 5.32 Å². The first kappa shape index (κ1) is 13.2. The SMILES string of the molecule is CCOC(=O)c1ccc(CNc2cccc(C)c2)o1. The van der Waals surface area contributed by atoms with Crippen molar-refractivity contribution in [3.63, 3.8) is 0 Å². The first-order valence-electron chi connectivity index (χ1n) is 6.25. The van der Waals surface area contributed by atoms with Gasteiger partial charge in [0.05, 0.1) is 13.2 Å². The van der Waals surface area contributed by atoms with Crippen LogP contribution in [0.5, 0.6) is 0 Å². The molecule has 2 rings (SSSR count). The summed E-state index contributed by atoms with van der Waals surface area (Å²) in [6, 6.07) is 11.5. The van der Waals surface area contributed by atoms with Crippen molar-refractivity contribution in [1.82, 2.24) is 0 Å². The van der Waals surface area contributed by atoms with Gasteiger partial charge in [-0.3, -0.25) is 0 Å². The van der Waals surface area contributed by atoms with E-state index in [1.165, 1.54) is 5.56 Å². The van der Waals surface area contributed by atoms with Crippen LogP contribution in [0.25, 0.3) is 0 Å². The summed E-state index contributed by atoms with van der Waals surface area (Å²) >= 11 is 0. The molecule has 0 amide bonds. The molecule has 2 aromatic rings. The normalized spacial score (nSPS) is 10.2. The summed E-state index contributed by atoms with van der Waals surface area (Å²) in [6.45, 7) is 4.68. The highest BCUT2D eigenvalue weighted by Crippen LogP contribution is 2.14. The van der Waals surface area contributed by atoms with Crippen molar-refractivity contribution < 1.29 is 13.9 Å². The molecule has 0 unspecified atom stereocenters. The minimum absolute atomic E-state index is 0.239. The predicted octanol–water partition coefficient (Wildman–Crippen LogP) is 3.38. The average Bonchev–Trinajstić information content (AvgIpc) is 2.86. The highest BCUT2D eigenvalue weighted by atomic mass is 16.5. The van der Waals surface area contributed by atoms with Crippen LogP contribution in [0.15, 0.2) is 40.8 Å². The zero-order valence-corrected chi connectivity index (χ0v) is 11.1. The van der Waals surface area contributed by atoms with Crippen molar-refractivity contribution in [1.29, 1.82) is 0 Å². The summed E-state index contributed by atoms with van der Waals surface area (Å²) in [4.78, 5) is 11.4. The fraction of sp³-hybridized carbons (Fsp3) is 0.267. The van der Waals surface area contributed by atoms with Gasteiger partial charge in [-0.05, 0) is 43.7 Å². The molecule has 0 aliphatic rings. The van der Waals surface area contributed by atoms with Gasteiger partial charge < -0.3 is 14.5 Å². The third-order valence-electron chi connectivity index (χ3n) is 2.62. The molecule has 1 aromatic heterocycles. The fourth-order valence-corrected chi connectivity index (χ4v) is 1.73. The number of nitrogens with one attached hydrogen (secondary N) is 1. The Labute approximate surface area is 112 Å². The van der Waals surface area contributed by atoms with E-state index in [9.17, 15) is 4.79 Å². The number of esters is 1. The Bertz CT molecular complexity index is 560. The van der Waals surface area contributed by atoms with E-state index in [2.05, 4.69) is 11.4 Å². The average molecular weight is 259 g/mol. The standard InChI is InChI=1S/C15H17NO3/c1-3-18-15(17)14-8-7-13(19-14)10-16-12-6-4-5-11(2)9-12/h4-9,16H,3,10H2,1-2H3. The van der Waals surface area contributed by atoms with Gasteiger partial charge >= 0.3 is 5.97 Å². The van der Waals surface area contributed by atoms with Gasteiger partial charge in [-0.15, -0.1) is 0 Å². The van der Waals surface area contributed by atoms with Gasteiger partial charge in [0.15, 0.2) is 0 Å². The topological polar surface area (TPSA) is 51.5 Å². The number of hydrogen-bond donors (Lipinski definition) is 1. The third kappa shape index (κ3) is 3.61. The van der Waals surface area contributed by atoms with E-state index < -0.39 is 5.97 Å². The van der Waals surface area contributed by atoms with Crippen molar-refractivity contribution in [2.24, 2.45) is 0 Å². The van der Waals surface area contributed by atoms with E-state index in [1.54, 1.807) is 19.1 Å². The summed E-state index contributed by atoms with van der Waals surface area (Å²) in [6.07, 6.45) is 0. The lowest BCUT2D eigenvalue weighted by Gasteiger charge is -2.05. The van der Waals surface area contributed by atoms with Gasteiger partial charge in [0, 0.05) is 5.69 Å². The Balaban J connectivity index is 1.95. The van der Waals surface area contributed by atoms with Gasteiger partial charge in [0.1, 0.15) is 5.76 Å². The minimum atomic E-state index is -0.427.